The van der Waals surface area contributed by atoms with Crippen LogP contribution in [0.2, 0.25) is 0 Å². The van der Waals surface area contributed by atoms with Crippen molar-refractivity contribution in [3.05, 3.63) is 87.5 Å². The van der Waals surface area contributed by atoms with Crippen LogP contribution in [0.4, 0.5) is 25.0 Å². The Morgan fingerprint density at radius 1 is 1.12 bits per heavy atom. The Hall–Kier alpha value is -4.54. The lowest BCUT2D eigenvalue weighted by molar-refractivity contribution is 0.0204. The summed E-state index contributed by atoms with van der Waals surface area (Å²) in [5, 5.41) is 9.84. The minimum atomic E-state index is -0.940. The molecule has 1 saturated heterocycles. The van der Waals surface area contributed by atoms with Crippen LogP contribution in [0.25, 0.3) is 10.9 Å². The lowest BCUT2D eigenvalue weighted by atomic mass is 9.89. The fourth-order valence-electron chi connectivity index (χ4n) is 5.16. The maximum absolute atomic E-state index is 14.4. The summed E-state index contributed by atoms with van der Waals surface area (Å²) < 4.78 is 39.4. The number of aromatic nitrogens is 3. The molecule has 0 atom stereocenters. The number of amides is 1. The van der Waals surface area contributed by atoms with E-state index in [0.29, 0.717) is 41.4 Å². The first-order chi connectivity index (χ1) is 20.0. The number of pyridine rings is 1. The Labute approximate surface area is 241 Å². The molecule has 2 aromatic heterocycles. The Balaban J connectivity index is 1.40. The number of nitrogens with one attached hydrogen (secondary N) is 2. The highest BCUT2D eigenvalue weighted by atomic mass is 19.2. The second kappa shape index (κ2) is 11.8. The summed E-state index contributed by atoms with van der Waals surface area (Å²) in [6.07, 6.45) is 2.70. The summed E-state index contributed by atoms with van der Waals surface area (Å²) >= 11 is 0. The average Bonchev–Trinajstić information content (AvgIpc) is 2.95. The number of fused-ring (bicyclic) bond motifs is 1. The first kappa shape index (κ1) is 29.0. The minimum Gasteiger partial charge on any atom is -0.495 e. The van der Waals surface area contributed by atoms with E-state index in [4.69, 9.17) is 9.47 Å². The Kier molecular flexibility index (Phi) is 8.11. The van der Waals surface area contributed by atoms with Gasteiger partial charge in [-0.2, -0.15) is 5.10 Å². The SMILES string of the molecule is COc1cc(C2CCN(C(=O)OC(C)(C)C)CC2)ccc1Nc1cc(Cc2cccc(F)c2F)nc2cn[nH]c(=O)c12. The zero-order valence-corrected chi connectivity index (χ0v) is 24.0. The number of piperidine rings is 1. The molecule has 2 aromatic carbocycles. The summed E-state index contributed by atoms with van der Waals surface area (Å²) in [6, 6.07) is 11.5. The molecular formula is C31H33F2N5O4. The van der Waals surface area contributed by atoms with Gasteiger partial charge in [0.15, 0.2) is 11.6 Å². The number of carbonyl (C=O) groups excluding carboxylic acids is 1. The second-order valence-corrected chi connectivity index (χ2v) is 11.3. The van der Waals surface area contributed by atoms with Crippen molar-refractivity contribution in [3.63, 3.8) is 0 Å². The molecule has 220 valence electrons. The summed E-state index contributed by atoms with van der Waals surface area (Å²) in [5.74, 6) is -1.08. The number of hydrogen-bond acceptors (Lipinski definition) is 7. The van der Waals surface area contributed by atoms with Crippen molar-refractivity contribution in [2.45, 2.75) is 51.6 Å². The van der Waals surface area contributed by atoms with Crippen LogP contribution >= 0.6 is 0 Å². The minimum absolute atomic E-state index is 0.0130. The van der Waals surface area contributed by atoms with Gasteiger partial charge in [-0.3, -0.25) is 9.78 Å². The van der Waals surface area contributed by atoms with Crippen molar-refractivity contribution in [3.8, 4) is 5.75 Å². The summed E-state index contributed by atoms with van der Waals surface area (Å²) in [6.45, 7) is 6.75. The lowest BCUT2D eigenvalue weighted by Gasteiger charge is -2.33. The number of nitrogens with zero attached hydrogens (tertiary/aromatic N) is 3. The van der Waals surface area contributed by atoms with Gasteiger partial charge in [0.2, 0.25) is 0 Å². The number of benzene rings is 2. The molecule has 1 aliphatic rings. The average molecular weight is 578 g/mol. The zero-order chi connectivity index (χ0) is 30.0. The fourth-order valence-corrected chi connectivity index (χ4v) is 5.16. The third-order valence-electron chi connectivity index (χ3n) is 7.20. The Morgan fingerprint density at radius 3 is 2.60 bits per heavy atom. The van der Waals surface area contributed by atoms with Crippen molar-refractivity contribution in [1.82, 2.24) is 20.1 Å². The zero-order valence-electron chi connectivity index (χ0n) is 24.0. The van der Waals surface area contributed by atoms with Crippen LogP contribution in [0.1, 0.15) is 56.4 Å². The number of carbonyl (C=O) groups is 1. The lowest BCUT2D eigenvalue weighted by Crippen LogP contribution is -2.41. The van der Waals surface area contributed by atoms with E-state index in [0.717, 1.165) is 24.5 Å². The summed E-state index contributed by atoms with van der Waals surface area (Å²) in [5.41, 5.74) is 2.00. The van der Waals surface area contributed by atoms with Crippen LogP contribution in [-0.2, 0) is 11.2 Å². The molecule has 42 heavy (non-hydrogen) atoms. The van der Waals surface area contributed by atoms with Crippen molar-refractivity contribution < 1.29 is 23.0 Å². The van der Waals surface area contributed by atoms with E-state index in [2.05, 4.69) is 20.5 Å². The molecule has 9 nitrogen and oxygen atoms in total. The monoisotopic (exact) mass is 577 g/mol. The quantitative estimate of drug-likeness (QED) is 0.287. The first-order valence-corrected chi connectivity index (χ1v) is 13.8. The molecule has 1 aliphatic heterocycles. The van der Waals surface area contributed by atoms with Crippen LogP contribution in [0.5, 0.6) is 5.75 Å². The predicted octanol–water partition coefficient (Wildman–Crippen LogP) is 6.05. The highest BCUT2D eigenvalue weighted by Gasteiger charge is 2.28. The predicted molar refractivity (Wildman–Crippen MR) is 155 cm³/mol. The van der Waals surface area contributed by atoms with E-state index in [1.54, 1.807) is 18.1 Å². The van der Waals surface area contributed by atoms with E-state index in [-0.39, 0.29) is 29.4 Å². The molecule has 0 saturated carbocycles. The molecular weight excluding hydrogens is 544 g/mol. The largest absolute Gasteiger partial charge is 0.495 e. The molecule has 5 rings (SSSR count). The second-order valence-electron chi connectivity index (χ2n) is 11.3. The van der Waals surface area contributed by atoms with Crippen LogP contribution in [-0.4, -0.2) is 52.0 Å². The number of methoxy groups -OCH3 is 1. The molecule has 0 spiro atoms. The van der Waals surface area contributed by atoms with Gasteiger partial charge in [-0.1, -0.05) is 18.2 Å². The summed E-state index contributed by atoms with van der Waals surface area (Å²) in [7, 11) is 1.56. The van der Waals surface area contributed by atoms with Crippen molar-refractivity contribution in [2.75, 3.05) is 25.5 Å². The van der Waals surface area contributed by atoms with Gasteiger partial charge in [0.1, 0.15) is 11.4 Å². The van der Waals surface area contributed by atoms with E-state index in [1.165, 1.54) is 18.3 Å². The Morgan fingerprint density at radius 2 is 1.88 bits per heavy atom. The van der Waals surface area contributed by atoms with Gasteiger partial charge in [0, 0.05) is 25.2 Å². The number of H-pyrrole nitrogens is 1. The molecule has 11 heteroatoms. The highest BCUT2D eigenvalue weighted by Crippen LogP contribution is 2.36. The van der Waals surface area contributed by atoms with Gasteiger partial charge in [-0.05, 0) is 74.9 Å². The first-order valence-electron chi connectivity index (χ1n) is 13.8. The van der Waals surface area contributed by atoms with Crippen LogP contribution in [0, 0.1) is 11.6 Å². The molecule has 0 aliphatic carbocycles. The van der Waals surface area contributed by atoms with Crippen LogP contribution in [0.3, 0.4) is 0 Å². The molecule has 2 N–H and O–H groups in total. The maximum atomic E-state index is 14.4. The molecule has 0 radical (unpaired) electrons. The molecule has 0 bridgehead atoms. The number of halogens is 2. The van der Waals surface area contributed by atoms with Crippen molar-refractivity contribution >= 4 is 28.4 Å². The van der Waals surface area contributed by atoms with Crippen LogP contribution < -0.4 is 15.6 Å². The number of hydrogen-bond donors (Lipinski definition) is 2. The van der Waals surface area contributed by atoms with Crippen molar-refractivity contribution in [2.24, 2.45) is 0 Å². The van der Waals surface area contributed by atoms with Gasteiger partial charge in [0.05, 0.1) is 35.6 Å². The summed E-state index contributed by atoms with van der Waals surface area (Å²) in [4.78, 5) is 31.4. The topological polar surface area (TPSA) is 109 Å². The van der Waals surface area contributed by atoms with E-state index in [9.17, 15) is 18.4 Å². The van der Waals surface area contributed by atoms with E-state index < -0.39 is 22.8 Å². The van der Waals surface area contributed by atoms with Gasteiger partial charge >= 0.3 is 6.09 Å². The van der Waals surface area contributed by atoms with Gasteiger partial charge in [-0.25, -0.2) is 18.7 Å². The molecule has 1 amide bonds. The maximum Gasteiger partial charge on any atom is 0.410 e. The smallest absolute Gasteiger partial charge is 0.410 e. The van der Waals surface area contributed by atoms with E-state index >= 15 is 0 Å². The standard InChI is InChI=1S/C31H33F2N5O4/c1-31(2,3)42-30(40)38-12-10-18(11-13-38)19-8-9-23(26(15-19)41-4)36-24-16-21(14-20-6-5-7-22(32)28(20)33)35-25-17-34-37-29(39)27(24)25/h5-9,15-18H,10-14H2,1-4H3,(H,35,36)(H,37,39). The molecule has 0 unspecified atom stereocenters. The number of rotatable bonds is 6. The number of aromatic amines is 1. The van der Waals surface area contributed by atoms with Gasteiger partial charge in [0.25, 0.3) is 5.56 Å². The van der Waals surface area contributed by atoms with Gasteiger partial charge < -0.3 is 19.7 Å². The fraction of sp³-hybridized carbons (Fsp3) is 0.355. The van der Waals surface area contributed by atoms with Crippen molar-refractivity contribution in [1.29, 1.82) is 0 Å². The Bertz CT molecular complexity index is 1680. The van der Waals surface area contributed by atoms with Crippen LogP contribution in [0.15, 0.2) is 53.5 Å². The highest BCUT2D eigenvalue weighted by molar-refractivity contribution is 5.92. The number of ether oxygens (including phenoxy) is 2. The molecule has 1 fully saturated rings. The third kappa shape index (κ3) is 6.35. The normalized spacial score (nSPS) is 14.2. The number of anilines is 2. The van der Waals surface area contributed by atoms with Gasteiger partial charge in [-0.15, -0.1) is 0 Å². The third-order valence-corrected chi connectivity index (χ3v) is 7.20. The number of likely N-dealkylation sites (tertiary alicyclic amines) is 1. The molecule has 4 aromatic rings. The van der Waals surface area contributed by atoms with E-state index in [1.807, 2.05) is 39.0 Å². The molecule has 3 heterocycles.